The molecule has 1 aromatic heterocycles. The fourth-order valence-electron chi connectivity index (χ4n) is 0.957. The molecule has 4 heteroatoms. The first-order valence-corrected chi connectivity index (χ1v) is 4.01. The van der Waals surface area contributed by atoms with Crippen molar-refractivity contribution in [3.05, 3.63) is 11.8 Å². The maximum Gasteiger partial charge on any atom is 0.163 e. The summed E-state index contributed by atoms with van der Waals surface area (Å²) in [6.45, 7) is 2.94. The standard InChI is InChI=1S/C8H12N4/c1-2-3-4-12-6-7(5-9)8(10)11-12/h6H,2-4H2,1H3,(H2,10,11). The van der Waals surface area contributed by atoms with Crippen LogP contribution in [0.4, 0.5) is 5.82 Å². The van der Waals surface area contributed by atoms with E-state index in [2.05, 4.69) is 12.0 Å². The minimum atomic E-state index is 0.327. The average molecular weight is 164 g/mol. The number of nitrogens with zero attached hydrogens (tertiary/aromatic N) is 3. The first kappa shape index (κ1) is 8.60. The average Bonchev–Trinajstić information content (AvgIpc) is 2.43. The van der Waals surface area contributed by atoms with E-state index in [0.29, 0.717) is 11.4 Å². The van der Waals surface area contributed by atoms with E-state index in [0.717, 1.165) is 19.4 Å². The van der Waals surface area contributed by atoms with Crippen LogP contribution >= 0.6 is 0 Å². The molecule has 0 aliphatic heterocycles. The van der Waals surface area contributed by atoms with Crippen LogP contribution in [-0.2, 0) is 6.54 Å². The fourth-order valence-corrected chi connectivity index (χ4v) is 0.957. The summed E-state index contributed by atoms with van der Waals surface area (Å²) in [6, 6.07) is 1.98. The maximum absolute atomic E-state index is 8.57. The smallest absolute Gasteiger partial charge is 0.163 e. The Balaban J connectivity index is 2.70. The number of aryl methyl sites for hydroxylation is 1. The summed E-state index contributed by atoms with van der Waals surface area (Å²) in [5.41, 5.74) is 5.93. The van der Waals surface area contributed by atoms with Crippen molar-refractivity contribution < 1.29 is 0 Å². The van der Waals surface area contributed by atoms with Gasteiger partial charge in [0.15, 0.2) is 5.82 Å². The molecule has 1 heterocycles. The van der Waals surface area contributed by atoms with Crippen molar-refractivity contribution in [1.82, 2.24) is 9.78 Å². The Morgan fingerprint density at radius 2 is 2.50 bits per heavy atom. The second kappa shape index (κ2) is 3.77. The molecule has 4 nitrogen and oxygen atoms in total. The van der Waals surface area contributed by atoms with Gasteiger partial charge >= 0.3 is 0 Å². The van der Waals surface area contributed by atoms with E-state index in [4.69, 9.17) is 11.0 Å². The zero-order chi connectivity index (χ0) is 8.97. The first-order valence-electron chi connectivity index (χ1n) is 4.01. The van der Waals surface area contributed by atoms with Crippen molar-refractivity contribution >= 4 is 5.82 Å². The van der Waals surface area contributed by atoms with E-state index < -0.39 is 0 Å². The van der Waals surface area contributed by atoms with Crippen LogP contribution in [0.25, 0.3) is 0 Å². The summed E-state index contributed by atoms with van der Waals surface area (Å²) in [6.07, 6.45) is 3.86. The minimum absolute atomic E-state index is 0.327. The second-order valence-corrected chi connectivity index (χ2v) is 2.66. The van der Waals surface area contributed by atoms with Gasteiger partial charge in [0.1, 0.15) is 11.6 Å². The van der Waals surface area contributed by atoms with Crippen LogP contribution in [0, 0.1) is 11.3 Å². The van der Waals surface area contributed by atoms with Crippen molar-refractivity contribution in [2.45, 2.75) is 26.3 Å². The SMILES string of the molecule is CCCCn1cc(C#N)c(N)n1. The van der Waals surface area contributed by atoms with Crippen LogP contribution in [0.2, 0.25) is 0 Å². The topological polar surface area (TPSA) is 67.6 Å². The van der Waals surface area contributed by atoms with Gasteiger partial charge in [0, 0.05) is 12.7 Å². The lowest BCUT2D eigenvalue weighted by molar-refractivity contribution is 0.573. The number of aromatic nitrogens is 2. The molecule has 1 rings (SSSR count). The van der Waals surface area contributed by atoms with Gasteiger partial charge in [-0.2, -0.15) is 10.4 Å². The van der Waals surface area contributed by atoms with Gasteiger partial charge in [-0.1, -0.05) is 13.3 Å². The van der Waals surface area contributed by atoms with Crippen molar-refractivity contribution in [3.8, 4) is 6.07 Å². The summed E-state index contributed by atoms with van der Waals surface area (Å²) in [7, 11) is 0. The molecule has 64 valence electrons. The summed E-state index contributed by atoms with van der Waals surface area (Å²) in [5, 5.41) is 12.6. The van der Waals surface area contributed by atoms with Gasteiger partial charge < -0.3 is 5.73 Å². The van der Waals surface area contributed by atoms with Crippen LogP contribution < -0.4 is 5.73 Å². The fraction of sp³-hybridized carbons (Fsp3) is 0.500. The number of hydrogen-bond acceptors (Lipinski definition) is 3. The van der Waals surface area contributed by atoms with Gasteiger partial charge in [-0.15, -0.1) is 0 Å². The zero-order valence-corrected chi connectivity index (χ0v) is 7.12. The van der Waals surface area contributed by atoms with Crippen molar-refractivity contribution in [3.63, 3.8) is 0 Å². The summed E-state index contributed by atoms with van der Waals surface area (Å²) in [5.74, 6) is 0.327. The van der Waals surface area contributed by atoms with E-state index in [1.165, 1.54) is 0 Å². The molecular weight excluding hydrogens is 152 g/mol. The van der Waals surface area contributed by atoms with Crippen LogP contribution in [0.5, 0.6) is 0 Å². The number of rotatable bonds is 3. The molecule has 0 atom stereocenters. The highest BCUT2D eigenvalue weighted by Crippen LogP contribution is 2.07. The largest absolute Gasteiger partial charge is 0.381 e. The number of nitrogens with two attached hydrogens (primary N) is 1. The van der Waals surface area contributed by atoms with Crippen molar-refractivity contribution in [2.75, 3.05) is 5.73 Å². The number of anilines is 1. The highest BCUT2D eigenvalue weighted by Gasteiger charge is 2.02. The predicted molar refractivity (Wildman–Crippen MR) is 46.3 cm³/mol. The predicted octanol–water partition coefficient (Wildman–Crippen LogP) is 1.14. The van der Waals surface area contributed by atoms with E-state index in [1.807, 2.05) is 6.07 Å². The molecule has 0 unspecified atom stereocenters. The molecule has 0 spiro atoms. The lowest BCUT2D eigenvalue weighted by atomic mass is 10.3. The van der Waals surface area contributed by atoms with Crippen LogP contribution in [0.1, 0.15) is 25.3 Å². The normalized spacial score (nSPS) is 9.67. The lowest BCUT2D eigenvalue weighted by Crippen LogP contribution is -1.98. The van der Waals surface area contributed by atoms with Gasteiger partial charge in [0.2, 0.25) is 0 Å². The van der Waals surface area contributed by atoms with E-state index >= 15 is 0 Å². The Bertz CT molecular complexity index is 294. The third-order valence-electron chi connectivity index (χ3n) is 1.65. The van der Waals surface area contributed by atoms with Gasteiger partial charge in [-0.3, -0.25) is 4.68 Å². The summed E-state index contributed by atoms with van der Waals surface area (Å²) in [4.78, 5) is 0. The van der Waals surface area contributed by atoms with E-state index in [1.54, 1.807) is 10.9 Å². The zero-order valence-electron chi connectivity index (χ0n) is 7.12. The van der Waals surface area contributed by atoms with E-state index in [-0.39, 0.29) is 0 Å². The Morgan fingerprint density at radius 3 is 3.00 bits per heavy atom. The minimum Gasteiger partial charge on any atom is -0.381 e. The van der Waals surface area contributed by atoms with Crippen molar-refractivity contribution in [1.29, 1.82) is 5.26 Å². The Hall–Kier alpha value is -1.50. The molecule has 2 N–H and O–H groups in total. The molecule has 0 amide bonds. The molecule has 0 saturated heterocycles. The number of nitriles is 1. The van der Waals surface area contributed by atoms with Gasteiger partial charge in [0.25, 0.3) is 0 Å². The molecule has 0 saturated carbocycles. The third-order valence-corrected chi connectivity index (χ3v) is 1.65. The molecule has 0 aliphatic carbocycles. The Kier molecular flexibility index (Phi) is 2.70. The lowest BCUT2D eigenvalue weighted by Gasteiger charge is -1.96. The van der Waals surface area contributed by atoms with E-state index in [9.17, 15) is 0 Å². The summed E-state index contributed by atoms with van der Waals surface area (Å²) >= 11 is 0. The quantitative estimate of drug-likeness (QED) is 0.728. The monoisotopic (exact) mass is 164 g/mol. The summed E-state index contributed by atoms with van der Waals surface area (Å²) < 4.78 is 1.72. The number of unbranched alkanes of at least 4 members (excludes halogenated alkanes) is 1. The number of hydrogen-bond donors (Lipinski definition) is 1. The molecule has 12 heavy (non-hydrogen) atoms. The van der Waals surface area contributed by atoms with Crippen LogP contribution in [0.15, 0.2) is 6.20 Å². The van der Waals surface area contributed by atoms with Crippen LogP contribution in [0.3, 0.4) is 0 Å². The molecular formula is C8H12N4. The number of nitrogen functional groups attached to an aromatic ring is 1. The second-order valence-electron chi connectivity index (χ2n) is 2.66. The maximum atomic E-state index is 8.57. The molecule has 0 aliphatic rings. The molecule has 0 bridgehead atoms. The first-order chi connectivity index (χ1) is 5.77. The highest BCUT2D eigenvalue weighted by molar-refractivity contribution is 5.46. The van der Waals surface area contributed by atoms with Crippen molar-refractivity contribution in [2.24, 2.45) is 0 Å². The Morgan fingerprint density at radius 1 is 1.75 bits per heavy atom. The Labute approximate surface area is 71.6 Å². The molecule has 0 fully saturated rings. The van der Waals surface area contributed by atoms with Gasteiger partial charge in [-0.05, 0) is 6.42 Å². The van der Waals surface area contributed by atoms with Gasteiger partial charge in [-0.25, -0.2) is 0 Å². The van der Waals surface area contributed by atoms with Crippen LogP contribution in [-0.4, -0.2) is 9.78 Å². The van der Waals surface area contributed by atoms with Gasteiger partial charge in [0.05, 0.1) is 0 Å². The molecule has 1 aromatic rings. The molecule has 0 radical (unpaired) electrons. The molecule has 0 aromatic carbocycles. The third kappa shape index (κ3) is 1.76. The highest BCUT2D eigenvalue weighted by atomic mass is 15.3.